The predicted octanol–water partition coefficient (Wildman–Crippen LogP) is 4.12. The minimum atomic E-state index is 0.0704. The first kappa shape index (κ1) is 14.7. The van der Waals surface area contributed by atoms with E-state index in [1.54, 1.807) is 6.92 Å². The fourth-order valence-electron chi connectivity index (χ4n) is 3.90. The van der Waals surface area contributed by atoms with Gasteiger partial charge in [-0.1, -0.05) is 32.1 Å². The minimum absolute atomic E-state index is 0.0704. The first-order valence-electron chi connectivity index (χ1n) is 7.61. The summed E-state index contributed by atoms with van der Waals surface area (Å²) < 4.78 is 0. The first-order valence-corrected chi connectivity index (χ1v) is 8.43. The Kier molecular flexibility index (Phi) is 3.43. The highest BCUT2D eigenvalue weighted by Crippen LogP contribution is 2.57. The molecule has 0 saturated heterocycles. The van der Waals surface area contributed by atoms with Crippen molar-refractivity contribution in [3.63, 3.8) is 0 Å². The van der Waals surface area contributed by atoms with Crippen LogP contribution in [0.4, 0.5) is 5.13 Å². The van der Waals surface area contributed by atoms with Crippen LogP contribution in [0.15, 0.2) is 5.10 Å². The molecule has 4 nitrogen and oxygen atoms in total. The molecular weight excluding hydrogens is 282 g/mol. The number of hydrogen-bond donors (Lipinski definition) is 1. The van der Waals surface area contributed by atoms with Gasteiger partial charge in [-0.15, -0.1) is 0 Å². The lowest BCUT2D eigenvalue weighted by Gasteiger charge is -2.36. The zero-order valence-corrected chi connectivity index (χ0v) is 14.2. The molecule has 5 heteroatoms. The maximum absolute atomic E-state index is 11.5. The van der Waals surface area contributed by atoms with Crippen LogP contribution in [0.1, 0.15) is 55.9 Å². The quantitative estimate of drug-likeness (QED) is 0.675. The lowest BCUT2D eigenvalue weighted by Crippen LogP contribution is -2.33. The molecule has 2 bridgehead atoms. The molecular formula is C16H23N3OS. The van der Waals surface area contributed by atoms with Crippen molar-refractivity contribution >= 4 is 28.0 Å². The van der Waals surface area contributed by atoms with Crippen molar-refractivity contribution in [2.24, 2.45) is 28.3 Å². The van der Waals surface area contributed by atoms with Crippen molar-refractivity contribution in [2.45, 2.75) is 47.5 Å². The number of Topliss-reactive ketones (excluding diaryl/α,β-unsaturated/α-hetero) is 1. The zero-order valence-electron chi connectivity index (χ0n) is 13.4. The number of carbonyl (C=O) groups is 1. The average Bonchev–Trinajstić information content (AvgIpc) is 3.03. The van der Waals surface area contributed by atoms with E-state index in [0.717, 1.165) is 28.0 Å². The van der Waals surface area contributed by atoms with Gasteiger partial charge in [0.25, 0.3) is 0 Å². The summed E-state index contributed by atoms with van der Waals surface area (Å²) in [5.41, 5.74) is 5.58. The van der Waals surface area contributed by atoms with E-state index < -0.39 is 0 Å². The van der Waals surface area contributed by atoms with Crippen LogP contribution in [0.2, 0.25) is 0 Å². The van der Waals surface area contributed by atoms with Gasteiger partial charge < -0.3 is 0 Å². The van der Waals surface area contributed by atoms with Gasteiger partial charge in [0.05, 0.1) is 10.6 Å². The topological polar surface area (TPSA) is 54.4 Å². The molecule has 0 spiro atoms. The number of hydrogen-bond acceptors (Lipinski definition) is 5. The second-order valence-corrected chi connectivity index (χ2v) is 8.06. The predicted molar refractivity (Wildman–Crippen MR) is 87.1 cm³/mol. The number of aryl methyl sites for hydroxylation is 1. The second kappa shape index (κ2) is 4.90. The van der Waals surface area contributed by atoms with Crippen LogP contribution in [0.25, 0.3) is 0 Å². The molecule has 1 aromatic rings. The molecule has 0 aliphatic heterocycles. The Morgan fingerprint density at radius 3 is 2.71 bits per heavy atom. The highest BCUT2D eigenvalue weighted by atomic mass is 32.1. The Labute approximate surface area is 130 Å². The van der Waals surface area contributed by atoms with E-state index >= 15 is 0 Å². The summed E-state index contributed by atoms with van der Waals surface area (Å²) in [6.07, 6.45) is 2.36. The van der Waals surface area contributed by atoms with Gasteiger partial charge in [-0.05, 0) is 37.0 Å². The van der Waals surface area contributed by atoms with Gasteiger partial charge in [0.1, 0.15) is 0 Å². The Morgan fingerprint density at radius 1 is 1.48 bits per heavy atom. The maximum atomic E-state index is 11.5. The summed E-state index contributed by atoms with van der Waals surface area (Å²) in [7, 11) is 0. The number of carbonyl (C=O) groups excluding carboxylic acids is 1. The number of aromatic nitrogens is 1. The maximum Gasteiger partial charge on any atom is 0.204 e. The third kappa shape index (κ3) is 2.31. The molecule has 0 aromatic carbocycles. The van der Waals surface area contributed by atoms with Gasteiger partial charge in [0.2, 0.25) is 5.13 Å². The number of rotatable bonds is 3. The van der Waals surface area contributed by atoms with E-state index in [0.29, 0.717) is 17.3 Å². The lowest BCUT2D eigenvalue weighted by molar-refractivity contribution is 0.102. The summed E-state index contributed by atoms with van der Waals surface area (Å²) in [4.78, 5) is 16.6. The van der Waals surface area contributed by atoms with Gasteiger partial charge >= 0.3 is 0 Å². The Balaban J connectivity index is 1.74. The second-order valence-electron chi connectivity index (χ2n) is 7.06. The number of hydrazone groups is 1. The first-order chi connectivity index (χ1) is 9.80. The van der Waals surface area contributed by atoms with Gasteiger partial charge in [-0.2, -0.15) is 5.10 Å². The third-order valence-electron chi connectivity index (χ3n) is 5.66. The standard InChI is InChI=1S/C16H23N3OS/c1-8-12-6-11(16(8,4)5)7-13(12)18-19-15-17-9(2)14(21-15)10(3)20/h8,11-12H,6-7H2,1-5H3,(H,17,19)/b18-13+. The van der Waals surface area contributed by atoms with Gasteiger partial charge in [-0.25, -0.2) is 4.98 Å². The van der Waals surface area contributed by atoms with E-state index in [-0.39, 0.29) is 5.78 Å². The number of thiazole rings is 1. The van der Waals surface area contributed by atoms with Crippen LogP contribution in [0, 0.1) is 30.1 Å². The van der Waals surface area contributed by atoms with E-state index in [1.807, 2.05) is 6.92 Å². The third-order valence-corrected chi connectivity index (χ3v) is 6.83. The van der Waals surface area contributed by atoms with Gasteiger partial charge in [0.15, 0.2) is 5.78 Å². The molecule has 0 radical (unpaired) electrons. The highest BCUT2D eigenvalue weighted by molar-refractivity contribution is 7.17. The molecule has 2 saturated carbocycles. The molecule has 2 fully saturated rings. The van der Waals surface area contributed by atoms with E-state index in [1.165, 1.54) is 23.5 Å². The van der Waals surface area contributed by atoms with Crippen LogP contribution in [-0.4, -0.2) is 16.5 Å². The largest absolute Gasteiger partial charge is 0.294 e. The summed E-state index contributed by atoms with van der Waals surface area (Å²) in [5.74, 6) is 2.11. The van der Waals surface area contributed by atoms with Crippen LogP contribution < -0.4 is 5.43 Å². The summed E-state index contributed by atoms with van der Waals surface area (Å²) in [6.45, 7) is 10.6. The average molecular weight is 305 g/mol. The Bertz CT molecular complexity index is 613. The zero-order chi connectivity index (χ0) is 15.4. The molecule has 1 heterocycles. The molecule has 1 N–H and O–H groups in total. The fraction of sp³-hybridized carbons (Fsp3) is 0.688. The monoisotopic (exact) mass is 305 g/mol. The van der Waals surface area contributed by atoms with Crippen LogP contribution in [0.5, 0.6) is 0 Å². The van der Waals surface area contributed by atoms with Crippen molar-refractivity contribution in [3.8, 4) is 0 Å². The number of nitrogens with zero attached hydrogens (tertiary/aromatic N) is 2. The fourth-order valence-corrected chi connectivity index (χ4v) is 4.70. The molecule has 114 valence electrons. The Morgan fingerprint density at radius 2 is 2.19 bits per heavy atom. The summed E-state index contributed by atoms with van der Waals surface area (Å²) in [5, 5.41) is 5.33. The van der Waals surface area contributed by atoms with Crippen molar-refractivity contribution in [2.75, 3.05) is 5.43 Å². The van der Waals surface area contributed by atoms with E-state index in [4.69, 9.17) is 0 Å². The number of ketones is 1. The number of anilines is 1. The molecule has 3 atom stereocenters. The van der Waals surface area contributed by atoms with Gasteiger partial charge in [0, 0.05) is 18.6 Å². The molecule has 2 aliphatic rings. The summed E-state index contributed by atoms with van der Waals surface area (Å²) >= 11 is 1.39. The minimum Gasteiger partial charge on any atom is -0.294 e. The van der Waals surface area contributed by atoms with E-state index in [9.17, 15) is 4.79 Å². The van der Waals surface area contributed by atoms with Crippen LogP contribution in [0.3, 0.4) is 0 Å². The molecule has 1 aromatic heterocycles. The number of fused-ring (bicyclic) bond motifs is 2. The summed E-state index contributed by atoms with van der Waals surface area (Å²) in [6, 6.07) is 0. The molecule has 2 aliphatic carbocycles. The van der Waals surface area contributed by atoms with E-state index in [2.05, 4.69) is 36.3 Å². The van der Waals surface area contributed by atoms with Crippen molar-refractivity contribution in [1.29, 1.82) is 0 Å². The lowest BCUT2D eigenvalue weighted by atomic mass is 9.69. The normalized spacial score (nSPS) is 31.9. The van der Waals surface area contributed by atoms with Crippen molar-refractivity contribution in [1.82, 2.24) is 4.98 Å². The molecule has 3 rings (SSSR count). The number of nitrogens with one attached hydrogen (secondary N) is 1. The Hall–Kier alpha value is -1.23. The molecule has 3 unspecified atom stereocenters. The van der Waals surface area contributed by atoms with Gasteiger partial charge in [-0.3, -0.25) is 10.2 Å². The smallest absolute Gasteiger partial charge is 0.204 e. The SMILES string of the molecule is CC(=O)c1sc(N/N=C2\CC3CC2C(C)C3(C)C)nc1C. The van der Waals surface area contributed by atoms with Crippen LogP contribution in [-0.2, 0) is 0 Å². The van der Waals surface area contributed by atoms with Crippen LogP contribution >= 0.6 is 11.3 Å². The van der Waals surface area contributed by atoms with Crippen molar-refractivity contribution < 1.29 is 4.79 Å². The highest BCUT2D eigenvalue weighted by Gasteiger charge is 2.53. The van der Waals surface area contributed by atoms with Crippen molar-refractivity contribution in [3.05, 3.63) is 10.6 Å². The molecule has 0 amide bonds. The molecule has 21 heavy (non-hydrogen) atoms.